The van der Waals surface area contributed by atoms with E-state index in [0.717, 1.165) is 24.6 Å². The number of carbonyl (C=O) groups excluding carboxylic acids is 1. The van der Waals surface area contributed by atoms with Gasteiger partial charge in [0.1, 0.15) is 4.88 Å². The van der Waals surface area contributed by atoms with Crippen LogP contribution in [0.3, 0.4) is 0 Å². The number of hydrogen-bond acceptors (Lipinski definition) is 5. The Morgan fingerprint density at radius 3 is 2.87 bits per heavy atom. The average molecular weight is 247 g/mol. The standard InChI is InChI=1S/C8H10N4OS.ClH/c13-8(6-3-10-12-14-6)11-7-4-1-9-2-5(4)7;/h3-5,7,9H,1-2H2,(H,11,13);1H. The number of halogens is 1. The van der Waals surface area contributed by atoms with Gasteiger partial charge in [0.15, 0.2) is 0 Å². The van der Waals surface area contributed by atoms with E-state index in [1.54, 1.807) is 0 Å². The maximum absolute atomic E-state index is 11.6. The second kappa shape index (κ2) is 4.03. The number of nitrogens with one attached hydrogen (secondary N) is 2. The lowest BCUT2D eigenvalue weighted by molar-refractivity contribution is 0.0950. The fourth-order valence-electron chi connectivity index (χ4n) is 2.12. The van der Waals surface area contributed by atoms with Crippen molar-refractivity contribution in [2.45, 2.75) is 6.04 Å². The molecule has 2 unspecified atom stereocenters. The summed E-state index contributed by atoms with van der Waals surface area (Å²) in [5.41, 5.74) is 0. The lowest BCUT2D eigenvalue weighted by Crippen LogP contribution is -2.32. The summed E-state index contributed by atoms with van der Waals surface area (Å²) in [4.78, 5) is 12.2. The van der Waals surface area contributed by atoms with Gasteiger partial charge in [0, 0.05) is 19.1 Å². The summed E-state index contributed by atoms with van der Waals surface area (Å²) in [6.07, 6.45) is 1.51. The number of amides is 1. The molecule has 5 nitrogen and oxygen atoms in total. The molecule has 2 aliphatic rings. The molecular weight excluding hydrogens is 236 g/mol. The first-order chi connectivity index (χ1) is 6.86. The van der Waals surface area contributed by atoms with Crippen LogP contribution in [0.4, 0.5) is 0 Å². The van der Waals surface area contributed by atoms with Crippen LogP contribution in [0.2, 0.25) is 0 Å². The molecule has 1 aromatic heterocycles. The fourth-order valence-corrected chi connectivity index (χ4v) is 2.54. The summed E-state index contributed by atoms with van der Waals surface area (Å²) in [6.45, 7) is 2.08. The van der Waals surface area contributed by atoms with E-state index in [2.05, 4.69) is 20.2 Å². The maximum Gasteiger partial charge on any atom is 0.264 e. The molecule has 1 aromatic rings. The molecule has 15 heavy (non-hydrogen) atoms. The molecule has 2 fully saturated rings. The van der Waals surface area contributed by atoms with Gasteiger partial charge in [0.05, 0.1) is 6.20 Å². The topological polar surface area (TPSA) is 66.9 Å². The predicted molar refractivity (Wildman–Crippen MR) is 58.3 cm³/mol. The SMILES string of the molecule is Cl.O=C(NC1C2CNCC21)c1cnns1. The molecule has 0 radical (unpaired) electrons. The number of carbonyl (C=O) groups is 1. The van der Waals surface area contributed by atoms with Crippen molar-refractivity contribution in [3.05, 3.63) is 11.1 Å². The van der Waals surface area contributed by atoms with Crippen molar-refractivity contribution in [3.63, 3.8) is 0 Å². The van der Waals surface area contributed by atoms with Crippen LogP contribution in [0, 0.1) is 11.8 Å². The third-order valence-corrected chi connectivity index (χ3v) is 3.64. The monoisotopic (exact) mass is 246 g/mol. The second-order valence-electron chi connectivity index (χ2n) is 3.77. The molecule has 82 valence electrons. The highest BCUT2D eigenvalue weighted by molar-refractivity contribution is 7.07. The van der Waals surface area contributed by atoms with Gasteiger partial charge in [-0.05, 0) is 23.4 Å². The highest BCUT2D eigenvalue weighted by atomic mass is 35.5. The highest BCUT2D eigenvalue weighted by Crippen LogP contribution is 2.41. The van der Waals surface area contributed by atoms with Gasteiger partial charge in [-0.25, -0.2) is 0 Å². The van der Waals surface area contributed by atoms with Gasteiger partial charge in [-0.3, -0.25) is 4.79 Å². The Hall–Kier alpha value is -0.720. The fraction of sp³-hybridized carbons (Fsp3) is 0.625. The van der Waals surface area contributed by atoms with Crippen LogP contribution in [0.5, 0.6) is 0 Å². The summed E-state index contributed by atoms with van der Waals surface area (Å²) >= 11 is 1.14. The van der Waals surface area contributed by atoms with Crippen molar-refractivity contribution in [2.24, 2.45) is 11.8 Å². The zero-order valence-corrected chi connectivity index (χ0v) is 9.48. The number of hydrogen-bond donors (Lipinski definition) is 2. The molecule has 3 rings (SSSR count). The van der Waals surface area contributed by atoms with Gasteiger partial charge in [-0.2, -0.15) is 0 Å². The first kappa shape index (κ1) is 10.8. The zero-order valence-electron chi connectivity index (χ0n) is 7.84. The smallest absolute Gasteiger partial charge is 0.264 e. The Balaban J connectivity index is 0.000000853. The summed E-state index contributed by atoms with van der Waals surface area (Å²) in [7, 11) is 0. The maximum atomic E-state index is 11.6. The number of aromatic nitrogens is 2. The summed E-state index contributed by atoms with van der Waals surface area (Å²) < 4.78 is 3.66. The van der Waals surface area contributed by atoms with Gasteiger partial charge < -0.3 is 10.6 Å². The van der Waals surface area contributed by atoms with Crippen LogP contribution in [0.1, 0.15) is 9.67 Å². The molecule has 0 spiro atoms. The number of piperidine rings is 1. The molecule has 1 aliphatic carbocycles. The van der Waals surface area contributed by atoms with Crippen LogP contribution < -0.4 is 10.6 Å². The zero-order chi connectivity index (χ0) is 9.54. The van der Waals surface area contributed by atoms with Crippen LogP contribution in [0.25, 0.3) is 0 Å². The number of fused-ring (bicyclic) bond motifs is 1. The van der Waals surface area contributed by atoms with Crippen molar-refractivity contribution in [3.8, 4) is 0 Å². The molecule has 1 aliphatic heterocycles. The molecule has 7 heteroatoms. The van der Waals surface area contributed by atoms with Crippen LogP contribution in [-0.4, -0.2) is 34.6 Å². The van der Waals surface area contributed by atoms with Gasteiger partial charge in [0.2, 0.25) is 0 Å². The van der Waals surface area contributed by atoms with Gasteiger partial charge in [0.25, 0.3) is 5.91 Å². The Labute approximate surface area is 97.2 Å². The summed E-state index contributed by atoms with van der Waals surface area (Å²) in [5.74, 6) is 1.28. The minimum absolute atomic E-state index is 0. The van der Waals surface area contributed by atoms with E-state index in [9.17, 15) is 4.79 Å². The van der Waals surface area contributed by atoms with Crippen molar-refractivity contribution in [1.29, 1.82) is 0 Å². The lowest BCUT2D eigenvalue weighted by Gasteiger charge is -2.05. The van der Waals surface area contributed by atoms with E-state index >= 15 is 0 Å². The Morgan fingerprint density at radius 2 is 2.27 bits per heavy atom. The molecule has 1 saturated carbocycles. The van der Waals surface area contributed by atoms with Crippen LogP contribution in [-0.2, 0) is 0 Å². The van der Waals surface area contributed by atoms with E-state index in [1.165, 1.54) is 6.20 Å². The van der Waals surface area contributed by atoms with Crippen LogP contribution >= 0.6 is 23.9 Å². The normalized spacial score (nSPS) is 31.6. The van der Waals surface area contributed by atoms with Gasteiger partial charge in [-0.1, -0.05) is 4.49 Å². The lowest BCUT2D eigenvalue weighted by atomic mass is 10.4. The number of rotatable bonds is 2. The molecule has 1 saturated heterocycles. The van der Waals surface area contributed by atoms with E-state index in [0.29, 0.717) is 22.8 Å². The third-order valence-electron chi connectivity index (χ3n) is 2.97. The van der Waals surface area contributed by atoms with Crippen molar-refractivity contribution in [2.75, 3.05) is 13.1 Å². The van der Waals surface area contributed by atoms with E-state index in [4.69, 9.17) is 0 Å². The molecule has 2 N–H and O–H groups in total. The molecule has 2 atom stereocenters. The number of nitrogens with zero attached hydrogens (tertiary/aromatic N) is 2. The second-order valence-corrected chi connectivity index (χ2v) is 4.55. The molecule has 2 heterocycles. The van der Waals surface area contributed by atoms with Crippen molar-refractivity contribution in [1.82, 2.24) is 20.2 Å². The molecule has 1 amide bonds. The van der Waals surface area contributed by atoms with Crippen LogP contribution in [0.15, 0.2) is 6.20 Å². The third kappa shape index (κ3) is 1.84. The van der Waals surface area contributed by atoms with E-state index < -0.39 is 0 Å². The quantitative estimate of drug-likeness (QED) is 0.765. The predicted octanol–water partition coefficient (Wildman–Crippen LogP) is -0.0925. The van der Waals surface area contributed by atoms with Crippen molar-refractivity contribution >= 4 is 29.8 Å². The summed E-state index contributed by atoms with van der Waals surface area (Å²) in [6, 6.07) is 0.380. The Bertz CT molecular complexity index is 348. The highest BCUT2D eigenvalue weighted by Gasteiger charge is 2.53. The molecular formula is C8H11ClN4OS. The first-order valence-corrected chi connectivity index (χ1v) is 5.42. The van der Waals surface area contributed by atoms with E-state index in [1.807, 2.05) is 0 Å². The van der Waals surface area contributed by atoms with Crippen molar-refractivity contribution < 1.29 is 4.79 Å². The molecule has 0 bridgehead atoms. The van der Waals surface area contributed by atoms with Gasteiger partial charge in [-0.15, -0.1) is 17.5 Å². The Morgan fingerprint density at radius 1 is 1.53 bits per heavy atom. The molecule has 0 aromatic carbocycles. The Kier molecular flexibility index (Phi) is 2.90. The largest absolute Gasteiger partial charge is 0.348 e. The van der Waals surface area contributed by atoms with Gasteiger partial charge >= 0.3 is 0 Å². The van der Waals surface area contributed by atoms with E-state index in [-0.39, 0.29) is 18.3 Å². The minimum Gasteiger partial charge on any atom is -0.348 e. The average Bonchev–Trinajstić information content (AvgIpc) is 2.75. The summed E-state index contributed by atoms with van der Waals surface area (Å²) in [5, 5.41) is 9.93. The first-order valence-electron chi connectivity index (χ1n) is 4.65. The minimum atomic E-state index is -0.0283.